The van der Waals surface area contributed by atoms with E-state index >= 15 is 0 Å². The first-order chi connectivity index (χ1) is 10.2. The number of aliphatic carboxylic acids is 1. The van der Waals surface area contributed by atoms with Crippen LogP contribution in [0.15, 0.2) is 12.2 Å². The lowest BCUT2D eigenvalue weighted by atomic mass is 9.91. The summed E-state index contributed by atoms with van der Waals surface area (Å²) in [4.78, 5) is 9.89. The molecule has 0 aromatic carbocycles. The third-order valence-corrected chi connectivity index (χ3v) is 2.59. The zero-order valence-electron chi connectivity index (χ0n) is 11.0. The number of hydrogen-bond acceptors (Lipinski definition) is 1. The monoisotopic (exact) mass is 386 g/mol. The second-order valence-corrected chi connectivity index (χ2v) is 4.48. The van der Waals surface area contributed by atoms with Gasteiger partial charge >= 0.3 is 41.5 Å². The van der Waals surface area contributed by atoms with E-state index in [0.29, 0.717) is 0 Å². The number of halogens is 12. The van der Waals surface area contributed by atoms with Crippen LogP contribution in [-0.4, -0.2) is 46.6 Å². The zero-order chi connectivity index (χ0) is 20.0. The van der Waals surface area contributed by atoms with E-state index in [9.17, 15) is 57.5 Å². The Labute approximate surface area is 124 Å². The molecule has 0 saturated carbocycles. The maximum absolute atomic E-state index is 13.1. The summed E-state index contributed by atoms with van der Waals surface area (Å²) < 4.78 is 154. The van der Waals surface area contributed by atoms with E-state index in [1.165, 1.54) is 0 Å². The lowest BCUT2D eigenvalue weighted by molar-refractivity contribution is -0.418. The van der Waals surface area contributed by atoms with Crippen LogP contribution < -0.4 is 0 Å². The second kappa shape index (κ2) is 5.72. The van der Waals surface area contributed by atoms with Crippen molar-refractivity contribution in [1.82, 2.24) is 0 Å². The molecule has 0 saturated heterocycles. The van der Waals surface area contributed by atoms with Crippen LogP contribution in [0.1, 0.15) is 6.92 Å². The first kappa shape index (κ1) is 22.4. The molecule has 0 amide bonds. The average molecular weight is 386 g/mol. The molecule has 0 aliphatic heterocycles. The molecule has 0 aromatic heterocycles. The number of carboxylic acid groups (broad SMARTS) is 1. The van der Waals surface area contributed by atoms with E-state index in [1.807, 2.05) is 0 Å². The van der Waals surface area contributed by atoms with Crippen molar-refractivity contribution in [1.29, 1.82) is 0 Å². The van der Waals surface area contributed by atoms with E-state index < -0.39 is 60.6 Å². The first-order valence-electron chi connectivity index (χ1n) is 5.36. The number of alkyl halides is 12. The summed E-state index contributed by atoms with van der Waals surface area (Å²) >= 11 is 0. The van der Waals surface area contributed by atoms with Gasteiger partial charge in [-0.2, -0.15) is 52.7 Å². The quantitative estimate of drug-likeness (QED) is 0.518. The molecule has 0 spiro atoms. The predicted octanol–water partition coefficient (Wildman–Crippen LogP) is 4.46. The molecular formula is C10H6F12O2. The van der Waals surface area contributed by atoms with E-state index in [-0.39, 0.29) is 0 Å². The highest BCUT2D eigenvalue weighted by molar-refractivity contribution is 5.79. The van der Waals surface area contributed by atoms with Gasteiger partial charge in [0.25, 0.3) is 0 Å². The molecule has 24 heavy (non-hydrogen) atoms. The maximum atomic E-state index is 13.1. The van der Waals surface area contributed by atoms with Gasteiger partial charge in [0.05, 0.1) is 0 Å². The van der Waals surface area contributed by atoms with E-state index in [1.54, 1.807) is 0 Å². The Balaban J connectivity index is 6.25. The van der Waals surface area contributed by atoms with E-state index in [4.69, 9.17) is 5.11 Å². The van der Waals surface area contributed by atoms with Gasteiger partial charge in [0.1, 0.15) is 0 Å². The fraction of sp³-hybridized carbons (Fsp3) is 0.700. The smallest absolute Gasteiger partial charge is 0.385 e. The van der Waals surface area contributed by atoms with Gasteiger partial charge in [0, 0.05) is 13.0 Å². The van der Waals surface area contributed by atoms with Crippen LogP contribution in [0.2, 0.25) is 0 Å². The molecule has 0 aliphatic carbocycles. The van der Waals surface area contributed by atoms with Gasteiger partial charge in [-0.15, -0.1) is 0 Å². The Morgan fingerprint density at radius 1 is 0.708 bits per heavy atom. The topological polar surface area (TPSA) is 37.3 Å². The molecule has 0 fully saturated rings. The zero-order valence-corrected chi connectivity index (χ0v) is 11.0. The maximum Gasteiger partial charge on any atom is 0.385 e. The molecule has 1 N–H and O–H groups in total. The van der Waals surface area contributed by atoms with Gasteiger partial charge in [-0.25, -0.2) is 4.79 Å². The van der Waals surface area contributed by atoms with Crippen LogP contribution >= 0.6 is 0 Å². The van der Waals surface area contributed by atoms with Crippen molar-refractivity contribution in [3.8, 4) is 0 Å². The first-order valence-corrected chi connectivity index (χ1v) is 5.36. The standard InChI is InChI=1S/C10H6F12O2/c1-5(11,12)7(15,16)9(19,20)10(21,22)8(17,18)6(13,14)3-2-4(23)24/h2-3H,1H3,(H,23,24). The van der Waals surface area contributed by atoms with Crippen molar-refractivity contribution in [3.63, 3.8) is 0 Å². The summed E-state index contributed by atoms with van der Waals surface area (Å²) in [6, 6.07) is 0. The number of allylic oxidation sites excluding steroid dienone is 1. The highest BCUT2D eigenvalue weighted by Gasteiger charge is 2.89. The Bertz CT molecular complexity index is 516. The van der Waals surface area contributed by atoms with Gasteiger partial charge in [-0.3, -0.25) is 0 Å². The van der Waals surface area contributed by atoms with Crippen molar-refractivity contribution >= 4 is 5.97 Å². The van der Waals surface area contributed by atoms with Crippen LogP contribution in [0.25, 0.3) is 0 Å². The highest BCUT2D eigenvalue weighted by atomic mass is 19.4. The van der Waals surface area contributed by atoms with Crippen LogP contribution in [0, 0.1) is 0 Å². The predicted molar refractivity (Wildman–Crippen MR) is 52.1 cm³/mol. The van der Waals surface area contributed by atoms with Gasteiger partial charge in [-0.05, 0) is 6.08 Å². The molecule has 142 valence electrons. The van der Waals surface area contributed by atoms with Crippen LogP contribution in [0.4, 0.5) is 52.7 Å². The molecule has 0 aromatic rings. The van der Waals surface area contributed by atoms with E-state index in [0.717, 1.165) is 0 Å². The van der Waals surface area contributed by atoms with Crippen molar-refractivity contribution in [2.75, 3.05) is 0 Å². The third-order valence-electron chi connectivity index (χ3n) is 2.59. The van der Waals surface area contributed by atoms with Crippen molar-refractivity contribution in [2.45, 2.75) is 42.5 Å². The Hall–Kier alpha value is -1.63. The molecule has 2 nitrogen and oxygen atoms in total. The minimum absolute atomic E-state index is 0.852. The molecule has 0 unspecified atom stereocenters. The minimum Gasteiger partial charge on any atom is -0.478 e. The molecule has 14 heteroatoms. The number of carboxylic acids is 1. The fourth-order valence-corrected chi connectivity index (χ4v) is 1.16. The summed E-state index contributed by atoms with van der Waals surface area (Å²) in [7, 11) is 0. The number of hydrogen-bond donors (Lipinski definition) is 1. The number of carbonyl (C=O) groups is 1. The SMILES string of the molecule is CC(F)(F)C(F)(F)C(F)(F)C(F)(F)C(F)(F)C(F)(F)C=CC(=O)O. The highest BCUT2D eigenvalue weighted by Crippen LogP contribution is 2.60. The lowest BCUT2D eigenvalue weighted by Gasteiger charge is -2.40. The van der Waals surface area contributed by atoms with Crippen LogP contribution in [-0.2, 0) is 4.79 Å². The molecule has 0 rings (SSSR count). The Morgan fingerprint density at radius 3 is 1.33 bits per heavy atom. The molecular weight excluding hydrogens is 380 g/mol. The van der Waals surface area contributed by atoms with Crippen molar-refractivity contribution in [2.24, 2.45) is 0 Å². The van der Waals surface area contributed by atoms with Gasteiger partial charge in [-0.1, -0.05) is 0 Å². The Kier molecular flexibility index (Phi) is 5.33. The molecule has 0 heterocycles. The average Bonchev–Trinajstić information content (AvgIpc) is 2.34. The van der Waals surface area contributed by atoms with Crippen LogP contribution in [0.5, 0.6) is 0 Å². The van der Waals surface area contributed by atoms with Gasteiger partial charge < -0.3 is 5.11 Å². The second-order valence-electron chi connectivity index (χ2n) is 4.48. The summed E-state index contributed by atoms with van der Waals surface area (Å²) in [6.07, 6.45) is -2.32. The Morgan fingerprint density at radius 2 is 1.04 bits per heavy atom. The molecule has 0 aliphatic rings. The lowest BCUT2D eigenvalue weighted by Crippen LogP contribution is -2.70. The van der Waals surface area contributed by atoms with Crippen LogP contribution in [0.3, 0.4) is 0 Å². The van der Waals surface area contributed by atoms with Crippen molar-refractivity contribution in [3.05, 3.63) is 12.2 Å². The van der Waals surface area contributed by atoms with Gasteiger partial charge in [0.2, 0.25) is 0 Å². The molecule has 0 atom stereocenters. The summed E-state index contributed by atoms with van der Waals surface area (Å²) in [5.74, 6) is -44.6. The molecule has 0 bridgehead atoms. The fourth-order valence-electron chi connectivity index (χ4n) is 1.16. The molecule has 0 radical (unpaired) electrons. The third kappa shape index (κ3) is 3.14. The van der Waals surface area contributed by atoms with E-state index in [2.05, 4.69) is 0 Å². The number of rotatable bonds is 7. The largest absolute Gasteiger partial charge is 0.478 e. The summed E-state index contributed by atoms with van der Waals surface area (Å²) in [5.41, 5.74) is 0. The van der Waals surface area contributed by atoms with Crippen molar-refractivity contribution < 1.29 is 62.6 Å². The normalized spacial score (nSPS) is 15.9. The summed E-state index contributed by atoms with van der Waals surface area (Å²) in [6.45, 7) is -1.02. The van der Waals surface area contributed by atoms with Gasteiger partial charge in [0.15, 0.2) is 0 Å². The minimum atomic E-state index is -7.69. The summed E-state index contributed by atoms with van der Waals surface area (Å²) in [5, 5.41) is 7.92.